The second-order valence-electron chi connectivity index (χ2n) is 4.25. The lowest BCUT2D eigenvalue weighted by molar-refractivity contribution is 0.575. The van der Waals surface area contributed by atoms with Crippen molar-refractivity contribution < 1.29 is 0 Å². The van der Waals surface area contributed by atoms with Gasteiger partial charge in [0.05, 0.1) is 0 Å². The fourth-order valence-electron chi connectivity index (χ4n) is 1.77. The highest BCUT2D eigenvalue weighted by molar-refractivity contribution is 9.10. The molecule has 0 amide bonds. The first kappa shape index (κ1) is 13.6. The smallest absolute Gasteiger partial charge is 0.0450 e. The molecular weight excluding hydrogens is 310 g/mol. The molecule has 0 aliphatic carbocycles. The summed E-state index contributed by atoms with van der Waals surface area (Å²) in [6, 6.07) is 16.6. The van der Waals surface area contributed by atoms with E-state index in [1.807, 2.05) is 24.3 Å². The van der Waals surface area contributed by atoms with Crippen LogP contribution in [0.4, 0.5) is 0 Å². The SMILES string of the molecule is C[C@H](NCc1ccccc1Cl)c1ccc(Br)cc1. The molecular formula is C15H15BrClN. The van der Waals surface area contributed by atoms with Gasteiger partial charge in [-0.15, -0.1) is 0 Å². The van der Waals surface area contributed by atoms with E-state index in [-0.39, 0.29) is 0 Å². The fraction of sp³-hybridized carbons (Fsp3) is 0.200. The topological polar surface area (TPSA) is 12.0 Å². The Balaban J connectivity index is 1.98. The van der Waals surface area contributed by atoms with Gasteiger partial charge in [-0.25, -0.2) is 0 Å². The van der Waals surface area contributed by atoms with Gasteiger partial charge in [0.15, 0.2) is 0 Å². The third-order valence-corrected chi connectivity index (χ3v) is 3.82. The molecule has 0 bridgehead atoms. The van der Waals surface area contributed by atoms with Gasteiger partial charge in [0.25, 0.3) is 0 Å². The monoisotopic (exact) mass is 323 g/mol. The minimum Gasteiger partial charge on any atom is -0.306 e. The molecule has 0 saturated heterocycles. The molecule has 0 heterocycles. The Morgan fingerprint density at radius 3 is 2.44 bits per heavy atom. The van der Waals surface area contributed by atoms with Gasteiger partial charge in [-0.3, -0.25) is 0 Å². The molecule has 0 spiro atoms. The van der Waals surface area contributed by atoms with Crippen LogP contribution in [0, 0.1) is 0 Å². The summed E-state index contributed by atoms with van der Waals surface area (Å²) >= 11 is 9.57. The summed E-state index contributed by atoms with van der Waals surface area (Å²) in [5.74, 6) is 0. The van der Waals surface area contributed by atoms with Gasteiger partial charge in [0.1, 0.15) is 0 Å². The second kappa shape index (κ2) is 6.37. The highest BCUT2D eigenvalue weighted by Crippen LogP contribution is 2.19. The standard InChI is InChI=1S/C15H15BrClN/c1-11(12-6-8-14(16)9-7-12)18-10-13-4-2-3-5-15(13)17/h2-9,11,18H,10H2,1H3/t11-/m0/s1. The molecule has 0 aliphatic heterocycles. The molecule has 18 heavy (non-hydrogen) atoms. The first-order valence-electron chi connectivity index (χ1n) is 5.89. The predicted molar refractivity (Wildman–Crippen MR) is 80.8 cm³/mol. The molecule has 94 valence electrons. The van der Waals surface area contributed by atoms with E-state index < -0.39 is 0 Å². The zero-order valence-electron chi connectivity index (χ0n) is 10.2. The highest BCUT2D eigenvalue weighted by atomic mass is 79.9. The summed E-state index contributed by atoms with van der Waals surface area (Å²) in [6.45, 7) is 2.93. The summed E-state index contributed by atoms with van der Waals surface area (Å²) in [6.07, 6.45) is 0. The van der Waals surface area contributed by atoms with Crippen molar-refractivity contribution in [1.82, 2.24) is 5.32 Å². The Morgan fingerprint density at radius 1 is 1.11 bits per heavy atom. The summed E-state index contributed by atoms with van der Waals surface area (Å²) < 4.78 is 1.10. The molecule has 0 radical (unpaired) electrons. The number of hydrogen-bond acceptors (Lipinski definition) is 1. The number of rotatable bonds is 4. The summed E-state index contributed by atoms with van der Waals surface area (Å²) in [4.78, 5) is 0. The second-order valence-corrected chi connectivity index (χ2v) is 5.57. The lowest BCUT2D eigenvalue weighted by atomic mass is 10.1. The van der Waals surface area contributed by atoms with Gasteiger partial charge in [-0.1, -0.05) is 57.9 Å². The van der Waals surface area contributed by atoms with Crippen LogP contribution in [-0.4, -0.2) is 0 Å². The number of benzene rings is 2. The van der Waals surface area contributed by atoms with E-state index in [1.165, 1.54) is 5.56 Å². The van der Waals surface area contributed by atoms with Gasteiger partial charge in [0, 0.05) is 22.1 Å². The maximum absolute atomic E-state index is 6.13. The molecule has 0 aliphatic rings. The molecule has 0 aromatic heterocycles. The number of halogens is 2. The van der Waals surface area contributed by atoms with E-state index in [0.717, 1.165) is 21.6 Å². The Kier molecular flexibility index (Phi) is 4.81. The molecule has 1 nitrogen and oxygen atoms in total. The Labute approximate surface area is 121 Å². The average Bonchev–Trinajstić information content (AvgIpc) is 2.38. The molecule has 2 aromatic carbocycles. The Bertz CT molecular complexity index is 510. The lowest BCUT2D eigenvalue weighted by Crippen LogP contribution is -2.18. The van der Waals surface area contributed by atoms with Crippen LogP contribution in [0.1, 0.15) is 24.1 Å². The largest absolute Gasteiger partial charge is 0.306 e. The van der Waals surface area contributed by atoms with Crippen LogP contribution in [0.25, 0.3) is 0 Å². The number of nitrogens with one attached hydrogen (secondary N) is 1. The zero-order chi connectivity index (χ0) is 13.0. The molecule has 0 saturated carbocycles. The van der Waals surface area contributed by atoms with Crippen molar-refractivity contribution in [2.24, 2.45) is 0 Å². The summed E-state index contributed by atoms with van der Waals surface area (Å²) in [5.41, 5.74) is 2.40. The van der Waals surface area contributed by atoms with Crippen LogP contribution in [-0.2, 0) is 6.54 Å². The van der Waals surface area contributed by atoms with E-state index in [2.05, 4.69) is 52.4 Å². The summed E-state index contributed by atoms with van der Waals surface area (Å²) in [7, 11) is 0. The predicted octanol–water partition coefficient (Wildman–Crippen LogP) is 4.95. The minimum absolute atomic E-state index is 0.300. The van der Waals surface area contributed by atoms with Crippen molar-refractivity contribution >= 4 is 27.5 Å². The molecule has 2 aromatic rings. The van der Waals surface area contributed by atoms with Crippen molar-refractivity contribution in [1.29, 1.82) is 0 Å². The summed E-state index contributed by atoms with van der Waals surface area (Å²) in [5, 5.41) is 4.29. The van der Waals surface area contributed by atoms with Crippen LogP contribution in [0.2, 0.25) is 5.02 Å². The molecule has 0 fully saturated rings. The van der Waals surface area contributed by atoms with E-state index in [1.54, 1.807) is 0 Å². The quantitative estimate of drug-likeness (QED) is 0.838. The number of hydrogen-bond donors (Lipinski definition) is 1. The van der Waals surface area contributed by atoms with Crippen LogP contribution < -0.4 is 5.32 Å². The molecule has 0 unspecified atom stereocenters. The third kappa shape index (κ3) is 3.58. The van der Waals surface area contributed by atoms with Crippen LogP contribution in [0.3, 0.4) is 0 Å². The first-order valence-corrected chi connectivity index (χ1v) is 7.06. The first-order chi connectivity index (χ1) is 8.66. The van der Waals surface area contributed by atoms with Crippen molar-refractivity contribution in [2.75, 3.05) is 0 Å². The van der Waals surface area contributed by atoms with Gasteiger partial charge in [-0.05, 0) is 36.2 Å². The van der Waals surface area contributed by atoms with Crippen molar-refractivity contribution in [2.45, 2.75) is 19.5 Å². The normalized spacial score (nSPS) is 12.4. The maximum atomic E-state index is 6.13. The van der Waals surface area contributed by atoms with E-state index in [9.17, 15) is 0 Å². The van der Waals surface area contributed by atoms with Crippen LogP contribution in [0.5, 0.6) is 0 Å². The van der Waals surface area contributed by atoms with Gasteiger partial charge in [0.2, 0.25) is 0 Å². The van der Waals surface area contributed by atoms with E-state index >= 15 is 0 Å². The van der Waals surface area contributed by atoms with Crippen molar-refractivity contribution in [3.8, 4) is 0 Å². The fourth-order valence-corrected chi connectivity index (χ4v) is 2.24. The maximum Gasteiger partial charge on any atom is 0.0450 e. The van der Waals surface area contributed by atoms with Gasteiger partial charge >= 0.3 is 0 Å². The van der Waals surface area contributed by atoms with Crippen molar-refractivity contribution in [3.05, 3.63) is 69.2 Å². The van der Waals surface area contributed by atoms with Crippen LogP contribution >= 0.6 is 27.5 Å². The highest BCUT2D eigenvalue weighted by Gasteiger charge is 2.05. The van der Waals surface area contributed by atoms with Crippen molar-refractivity contribution in [3.63, 3.8) is 0 Å². The van der Waals surface area contributed by atoms with Gasteiger partial charge in [-0.2, -0.15) is 0 Å². The molecule has 1 atom stereocenters. The minimum atomic E-state index is 0.300. The Morgan fingerprint density at radius 2 is 1.78 bits per heavy atom. The Hall–Kier alpha value is -0.830. The zero-order valence-corrected chi connectivity index (χ0v) is 12.5. The van der Waals surface area contributed by atoms with Gasteiger partial charge < -0.3 is 5.32 Å². The molecule has 1 N–H and O–H groups in total. The third-order valence-electron chi connectivity index (χ3n) is 2.93. The van der Waals surface area contributed by atoms with E-state index in [0.29, 0.717) is 6.04 Å². The van der Waals surface area contributed by atoms with E-state index in [4.69, 9.17) is 11.6 Å². The average molecular weight is 325 g/mol. The van der Waals surface area contributed by atoms with Crippen LogP contribution in [0.15, 0.2) is 53.0 Å². The molecule has 2 rings (SSSR count). The molecule has 3 heteroatoms. The lowest BCUT2D eigenvalue weighted by Gasteiger charge is -2.15.